The molecule has 1 aromatic heterocycles. The summed E-state index contributed by atoms with van der Waals surface area (Å²) in [4.78, 5) is 291. The summed E-state index contributed by atoms with van der Waals surface area (Å²) in [6.07, 6.45) is -0.453. The van der Waals surface area contributed by atoms with Gasteiger partial charge in [0.05, 0.1) is 6.54 Å². The van der Waals surface area contributed by atoms with Gasteiger partial charge in [-0.1, -0.05) is 75.3 Å². The van der Waals surface area contributed by atoms with Gasteiger partial charge in [-0.05, 0) is 209 Å². The molecule has 0 unspecified atom stereocenters. The molecule has 0 aliphatic rings. The van der Waals surface area contributed by atoms with Crippen molar-refractivity contribution in [3.05, 3.63) is 30.1 Å². The largest absolute Gasteiger partial charge is 0.481 e. The minimum Gasteiger partial charge on any atom is -0.481 e. The molecule has 0 radical (unpaired) electrons. The van der Waals surface area contributed by atoms with E-state index in [1.165, 1.54) is 19.3 Å². The first-order valence-electron chi connectivity index (χ1n) is 46.4. The molecule has 46 heteroatoms. The average molecular weight is 1920 g/mol. The van der Waals surface area contributed by atoms with Crippen LogP contribution in [-0.4, -0.2) is 273 Å². The summed E-state index contributed by atoms with van der Waals surface area (Å²) in [6, 6.07) is -19.5. The number of unbranched alkanes of at least 4 members (excludes halogenated alkanes) is 4. The number of carboxylic acid groups (broad SMARTS) is 4. The first-order valence-corrected chi connectivity index (χ1v) is 46.4. The molecule has 762 valence electrons. The molecule has 28 N–H and O–H groups in total. The molecule has 16 amide bonds. The fourth-order valence-corrected chi connectivity index (χ4v) is 14.1. The zero-order valence-electron chi connectivity index (χ0n) is 80.0. The standard InChI is InChI=1S/C89H151N21O25/c1-49(2)42-65(86(132)104-61(27-31-71(113)114)80(126)102-63(29-33-73(117)118)82(128)107-68(45-52(7)8)87(133)109-66(43-50(3)4)84(130)100-58(24-14-18-36-91)77(123)98-57(23-13-17-35-90)76(122)96-54(11)75(121)95-40-41-111)106-79(125)60(26-16-20-38-93)99-78(124)59(25-15-19-37-92)101-85(131)67(44-51(5)6)110-88(134)69(46-53(9)10)108-83(129)64(30-34-74(119)120)103-81(127)62(28-32-72(115)116)105-89(135)70(97-55(12)112)47-56-22-21-39-94-48-56/h21-22,39,41,48-54,57-70H,13-20,23-38,40,42-47,90-93H2,1-12H3,(H,95,121)(H,96,122)(H,97,112)(H,98,123)(H,99,124)(H,100,130)(H,101,131)(H,102,126)(H,103,127)(H,104,132)(H,105,135)(H,106,125)(H,107,128)(H,108,129)(H,109,133)(H,110,134)(H,113,114)(H,115,116)(H,117,118)(H,119,120)/t54-,57-,58-,59-,60-,61-,62-,63-,64-,65-,66-,67-,68-,69-,70+/m0/s1. The topological polar surface area (TPSA) is 749 Å². The first kappa shape index (κ1) is 121. The number of hydrogen-bond donors (Lipinski definition) is 24. The van der Waals surface area contributed by atoms with E-state index < -0.39 is 266 Å². The van der Waals surface area contributed by atoms with E-state index in [-0.39, 0.29) is 133 Å². The Kier molecular flexibility index (Phi) is 59.6. The van der Waals surface area contributed by atoms with Crippen LogP contribution < -0.4 is 108 Å². The molecule has 46 nitrogen and oxygen atoms in total. The van der Waals surface area contributed by atoms with E-state index in [9.17, 15) is 121 Å². The third kappa shape index (κ3) is 51.9. The molecular formula is C89H151N21O25. The molecule has 0 saturated carbocycles. The van der Waals surface area contributed by atoms with Crippen LogP contribution in [0.25, 0.3) is 0 Å². The van der Waals surface area contributed by atoms with Crippen molar-refractivity contribution in [2.24, 2.45) is 52.5 Å². The second-order valence-corrected chi connectivity index (χ2v) is 35.8. The van der Waals surface area contributed by atoms with Crippen LogP contribution in [0.1, 0.15) is 249 Å². The normalized spacial score (nSPS) is 14.6. The lowest BCUT2D eigenvalue weighted by molar-refractivity contribution is -0.140. The number of nitrogens with two attached hydrogens (primary N) is 4. The highest BCUT2D eigenvalue weighted by Gasteiger charge is 2.40. The first-order chi connectivity index (χ1) is 63.6. The van der Waals surface area contributed by atoms with Gasteiger partial charge in [-0.25, -0.2) is 0 Å². The number of nitrogens with one attached hydrogen (secondary N) is 16. The number of carbonyl (C=O) groups is 21. The maximum atomic E-state index is 14.8. The predicted molar refractivity (Wildman–Crippen MR) is 494 cm³/mol. The van der Waals surface area contributed by atoms with Gasteiger partial charge in [-0.2, -0.15) is 0 Å². The molecule has 1 heterocycles. The maximum Gasteiger partial charge on any atom is 0.303 e. The van der Waals surface area contributed by atoms with E-state index in [2.05, 4.69) is 90.1 Å². The Balaban J connectivity index is 3.85. The summed E-state index contributed by atoms with van der Waals surface area (Å²) in [5.74, 6) is -22.6. The molecule has 0 aliphatic carbocycles. The van der Waals surface area contributed by atoms with Crippen molar-refractivity contribution in [1.29, 1.82) is 0 Å². The Morgan fingerprint density at radius 3 is 0.711 bits per heavy atom. The fourth-order valence-electron chi connectivity index (χ4n) is 14.1. The monoisotopic (exact) mass is 1910 g/mol. The number of aromatic nitrogens is 1. The van der Waals surface area contributed by atoms with Gasteiger partial charge >= 0.3 is 23.9 Å². The Morgan fingerprint density at radius 2 is 0.511 bits per heavy atom. The van der Waals surface area contributed by atoms with Crippen molar-refractivity contribution in [3.63, 3.8) is 0 Å². The van der Waals surface area contributed by atoms with Gasteiger partial charge in [0.15, 0.2) is 0 Å². The van der Waals surface area contributed by atoms with Gasteiger partial charge in [0.2, 0.25) is 94.5 Å². The number of carbonyl (C=O) groups excluding carboxylic acids is 17. The zero-order chi connectivity index (χ0) is 102. The minimum absolute atomic E-state index is 0.00294. The van der Waals surface area contributed by atoms with E-state index in [0.29, 0.717) is 50.4 Å². The average Bonchev–Trinajstić information content (AvgIpc) is 0.853. The van der Waals surface area contributed by atoms with E-state index in [1.807, 2.05) is 0 Å². The number of aliphatic carboxylic acids is 4. The summed E-state index contributed by atoms with van der Waals surface area (Å²) >= 11 is 0. The molecule has 0 aliphatic heterocycles. The molecule has 0 aromatic carbocycles. The number of amides is 16. The number of pyridine rings is 1. The third-order valence-corrected chi connectivity index (χ3v) is 21.1. The summed E-state index contributed by atoms with van der Waals surface area (Å²) in [6.45, 7) is 19.9. The molecule has 1 rings (SSSR count). The Morgan fingerprint density at radius 1 is 0.296 bits per heavy atom. The van der Waals surface area contributed by atoms with E-state index >= 15 is 0 Å². The van der Waals surface area contributed by atoms with Crippen LogP contribution >= 0.6 is 0 Å². The van der Waals surface area contributed by atoms with Gasteiger partial charge in [0.1, 0.15) is 96.9 Å². The number of aldehydes is 1. The van der Waals surface area contributed by atoms with Crippen LogP contribution in [0.4, 0.5) is 0 Å². The minimum atomic E-state index is -1.85. The van der Waals surface area contributed by atoms with Crippen molar-refractivity contribution in [2.45, 2.75) is 341 Å². The quantitative estimate of drug-likeness (QED) is 0.0236. The molecule has 0 fully saturated rings. The van der Waals surface area contributed by atoms with Crippen LogP contribution in [0, 0.1) is 29.6 Å². The third-order valence-electron chi connectivity index (χ3n) is 21.1. The Bertz CT molecular complexity index is 4010. The Hall–Kier alpha value is -11.9. The fraction of sp³-hybridized carbons (Fsp3) is 0.708. The summed E-state index contributed by atoms with van der Waals surface area (Å²) in [5.41, 5.74) is 23.8. The summed E-state index contributed by atoms with van der Waals surface area (Å²) < 4.78 is 0. The van der Waals surface area contributed by atoms with Crippen LogP contribution in [-0.2, 0) is 107 Å². The van der Waals surface area contributed by atoms with Crippen molar-refractivity contribution < 1.29 is 121 Å². The summed E-state index contributed by atoms with van der Waals surface area (Å²) in [7, 11) is 0. The van der Waals surface area contributed by atoms with Crippen LogP contribution in [0.2, 0.25) is 0 Å². The Labute approximate surface area is 788 Å². The molecule has 15 atom stereocenters. The highest BCUT2D eigenvalue weighted by Crippen LogP contribution is 2.19. The van der Waals surface area contributed by atoms with Gasteiger partial charge in [0.25, 0.3) is 0 Å². The van der Waals surface area contributed by atoms with E-state index in [0.717, 1.165) is 6.92 Å². The van der Waals surface area contributed by atoms with Crippen LogP contribution in [0.5, 0.6) is 0 Å². The van der Waals surface area contributed by atoms with Crippen LogP contribution in [0.3, 0.4) is 0 Å². The zero-order valence-corrected chi connectivity index (χ0v) is 80.0. The molecule has 0 spiro atoms. The van der Waals surface area contributed by atoms with Crippen molar-refractivity contribution in [3.8, 4) is 0 Å². The van der Waals surface area contributed by atoms with Gasteiger partial charge in [0, 0.05) is 51.4 Å². The highest BCUT2D eigenvalue weighted by atomic mass is 16.4. The second kappa shape index (κ2) is 66.5. The van der Waals surface area contributed by atoms with E-state index in [4.69, 9.17) is 22.9 Å². The molecular weight excluding hydrogens is 1760 g/mol. The second-order valence-electron chi connectivity index (χ2n) is 35.8. The molecule has 0 saturated heterocycles. The number of rotatable bonds is 72. The SMILES string of the molecule is CC(=O)N[C@H](Cc1cccnc1)C(=O)N[C@@H](CCC(=O)O)C(=O)N[C@@H](CCC(=O)O)C(=O)N[C@@H](CC(C)C)C(=O)N[C@@H](CC(C)C)C(=O)N[C@@H](CCCCN)C(=O)N[C@@H](CCCCN)C(=O)N[C@@H](CC(C)C)C(=O)N[C@@H](CCC(=O)O)C(=O)N[C@@H](CCC(=O)O)C(=O)N[C@@H](CC(C)C)C(=O)N[C@@H](CC(C)C)C(=O)N[C@@H](CCCCN)C(=O)N[C@@H](CCCCN)C(=O)N[C@@H](C)C(=O)NCC=O. The predicted octanol–water partition coefficient (Wildman–Crippen LogP) is -2.54. The lowest BCUT2D eigenvalue weighted by atomic mass is 9.98. The van der Waals surface area contributed by atoms with Crippen LogP contribution in [0.15, 0.2) is 24.5 Å². The summed E-state index contributed by atoms with van der Waals surface area (Å²) in [5, 5.41) is 80.2. The number of carboxylic acids is 4. The van der Waals surface area contributed by atoms with Gasteiger partial charge in [-0.15, -0.1) is 0 Å². The van der Waals surface area contributed by atoms with Crippen molar-refractivity contribution in [1.82, 2.24) is 90.1 Å². The lowest BCUT2D eigenvalue weighted by Gasteiger charge is -2.29. The van der Waals surface area contributed by atoms with Crippen molar-refractivity contribution >= 4 is 125 Å². The van der Waals surface area contributed by atoms with Gasteiger partial charge < -0.3 is 133 Å². The lowest BCUT2D eigenvalue weighted by Crippen LogP contribution is -2.61. The number of nitrogens with zero attached hydrogens (tertiary/aromatic N) is 1. The van der Waals surface area contributed by atoms with Gasteiger partial charge in [-0.3, -0.25) is 101 Å². The van der Waals surface area contributed by atoms with E-state index in [1.54, 1.807) is 81.4 Å². The smallest absolute Gasteiger partial charge is 0.303 e. The van der Waals surface area contributed by atoms with Crippen molar-refractivity contribution in [2.75, 3.05) is 32.7 Å². The number of hydrogen-bond acceptors (Lipinski definition) is 26. The molecule has 0 bridgehead atoms. The molecule has 1 aromatic rings. The maximum absolute atomic E-state index is 14.8. The highest BCUT2D eigenvalue weighted by molar-refractivity contribution is 6.01. The molecule has 135 heavy (non-hydrogen) atoms.